The zero-order chi connectivity index (χ0) is 31.8. The molecular formula is C34H38N2O8. The zero-order valence-electron chi connectivity index (χ0n) is 25.9. The van der Waals surface area contributed by atoms with E-state index in [-0.39, 0.29) is 31.6 Å². The normalized spacial score (nSPS) is 18.2. The number of carbonyl (C=O) groups excluding carboxylic acids is 4. The first kappa shape index (κ1) is 30.8. The van der Waals surface area contributed by atoms with Crippen LogP contribution in [-0.2, 0) is 41.6 Å². The molecule has 0 N–H and O–H groups in total. The van der Waals surface area contributed by atoms with Gasteiger partial charge in [-0.3, -0.25) is 4.79 Å². The molecule has 232 valence electrons. The van der Waals surface area contributed by atoms with Crippen LogP contribution in [0.4, 0.5) is 9.59 Å². The summed E-state index contributed by atoms with van der Waals surface area (Å²) in [4.78, 5) is 55.0. The van der Waals surface area contributed by atoms with Gasteiger partial charge in [0.25, 0.3) is 5.91 Å². The molecule has 0 fully saturated rings. The van der Waals surface area contributed by atoms with Crippen LogP contribution in [0.5, 0.6) is 0 Å². The Morgan fingerprint density at radius 2 is 1.52 bits per heavy atom. The Morgan fingerprint density at radius 1 is 0.864 bits per heavy atom. The summed E-state index contributed by atoms with van der Waals surface area (Å²) in [6.07, 6.45) is 0.635. The van der Waals surface area contributed by atoms with Gasteiger partial charge in [0.05, 0.1) is 23.3 Å². The monoisotopic (exact) mass is 602 g/mol. The number of carbonyl (C=O) groups is 4. The maximum atomic E-state index is 14.1. The Bertz CT molecular complexity index is 1620. The summed E-state index contributed by atoms with van der Waals surface area (Å²) >= 11 is 0. The van der Waals surface area contributed by atoms with Crippen molar-refractivity contribution in [3.8, 4) is 0 Å². The van der Waals surface area contributed by atoms with Gasteiger partial charge in [-0.15, -0.1) is 0 Å². The summed E-state index contributed by atoms with van der Waals surface area (Å²) < 4.78 is 23.7. The van der Waals surface area contributed by atoms with E-state index >= 15 is 0 Å². The van der Waals surface area contributed by atoms with Crippen molar-refractivity contribution < 1.29 is 38.1 Å². The first-order chi connectivity index (χ1) is 20.7. The van der Waals surface area contributed by atoms with E-state index in [0.29, 0.717) is 11.2 Å². The lowest BCUT2D eigenvalue weighted by atomic mass is 9.86. The molecule has 3 aromatic rings. The van der Waals surface area contributed by atoms with Crippen LogP contribution in [-0.4, -0.2) is 57.4 Å². The fourth-order valence-electron chi connectivity index (χ4n) is 5.66. The Balaban J connectivity index is 1.54. The van der Waals surface area contributed by atoms with Gasteiger partial charge in [-0.2, -0.15) is 0 Å². The highest BCUT2D eigenvalue weighted by Gasteiger charge is 2.46. The molecule has 0 radical (unpaired) electrons. The lowest BCUT2D eigenvalue weighted by Gasteiger charge is -2.44. The number of rotatable bonds is 5. The molecule has 10 heteroatoms. The van der Waals surface area contributed by atoms with Gasteiger partial charge < -0.3 is 23.8 Å². The summed E-state index contributed by atoms with van der Waals surface area (Å²) in [6.45, 7) is 10.4. The van der Waals surface area contributed by atoms with Crippen LogP contribution in [0.15, 0.2) is 66.2 Å². The number of hydrogen-bond acceptors (Lipinski definition) is 8. The molecule has 0 saturated heterocycles. The van der Waals surface area contributed by atoms with Crippen molar-refractivity contribution in [3.05, 3.63) is 83.1 Å². The van der Waals surface area contributed by atoms with Gasteiger partial charge in [0.2, 0.25) is 0 Å². The number of hydrogen-bond donors (Lipinski definition) is 0. The van der Waals surface area contributed by atoms with E-state index < -0.39 is 47.4 Å². The fraction of sp³-hybridized carbons (Fsp3) is 0.412. The number of esters is 1. The third-order valence-corrected chi connectivity index (χ3v) is 7.31. The summed E-state index contributed by atoms with van der Waals surface area (Å²) in [5, 5.41) is 0.833. The minimum absolute atomic E-state index is 0.00986. The molecule has 10 nitrogen and oxygen atoms in total. The second kappa shape index (κ2) is 11.8. The first-order valence-corrected chi connectivity index (χ1v) is 14.7. The molecule has 5 rings (SSSR count). The third kappa shape index (κ3) is 6.49. The molecule has 0 bridgehead atoms. The predicted molar refractivity (Wildman–Crippen MR) is 162 cm³/mol. The average molecular weight is 603 g/mol. The van der Waals surface area contributed by atoms with Gasteiger partial charge in [-0.1, -0.05) is 54.6 Å². The highest BCUT2D eigenvalue weighted by molar-refractivity contribution is 6.17. The molecule has 2 atom stereocenters. The van der Waals surface area contributed by atoms with E-state index in [0.717, 1.165) is 16.5 Å². The lowest BCUT2D eigenvalue weighted by Crippen LogP contribution is -2.53. The number of ether oxygens (including phenoxy) is 4. The summed E-state index contributed by atoms with van der Waals surface area (Å²) in [5.41, 5.74) is 1.26. The van der Waals surface area contributed by atoms with E-state index in [9.17, 15) is 19.2 Å². The maximum absolute atomic E-state index is 14.1. The van der Waals surface area contributed by atoms with Crippen LogP contribution in [0.1, 0.15) is 70.8 Å². The number of aromatic nitrogens is 1. The molecule has 44 heavy (non-hydrogen) atoms. The minimum atomic E-state index is -0.862. The van der Waals surface area contributed by atoms with Gasteiger partial charge in [0.15, 0.2) is 0 Å². The molecule has 3 heterocycles. The van der Waals surface area contributed by atoms with Crippen molar-refractivity contribution in [2.75, 3.05) is 6.61 Å². The Morgan fingerprint density at radius 3 is 2.20 bits per heavy atom. The number of nitrogens with zero attached hydrogens (tertiary/aromatic N) is 2. The molecular weight excluding hydrogens is 564 g/mol. The minimum Gasteiger partial charge on any atom is -0.457 e. The fourth-order valence-corrected chi connectivity index (χ4v) is 5.66. The molecule has 0 spiro atoms. The molecule has 1 amide bonds. The Kier molecular flexibility index (Phi) is 8.29. The second-order valence-corrected chi connectivity index (χ2v) is 13.0. The van der Waals surface area contributed by atoms with Crippen LogP contribution >= 0.6 is 0 Å². The van der Waals surface area contributed by atoms with Crippen LogP contribution in [0.25, 0.3) is 10.9 Å². The highest BCUT2D eigenvalue weighted by atomic mass is 16.7. The van der Waals surface area contributed by atoms with Crippen LogP contribution < -0.4 is 0 Å². The molecule has 2 aromatic carbocycles. The third-order valence-electron chi connectivity index (χ3n) is 7.31. The van der Waals surface area contributed by atoms with Crippen molar-refractivity contribution in [1.82, 2.24) is 9.47 Å². The number of amides is 1. The molecule has 1 aromatic heterocycles. The SMILES string of the molecule is CC(C)(C)OC(=O)OC[C@@H]1Cc2c(n(C(=O)OC(C)(C)C)c3ccccc23)[C@H]2CC=C(C(=O)OCc3ccccc3)C(=O)N12. The van der Waals surface area contributed by atoms with E-state index in [1.54, 1.807) is 47.6 Å². The number of fused-ring (bicyclic) bond motifs is 5. The topological polar surface area (TPSA) is 113 Å². The van der Waals surface area contributed by atoms with Crippen molar-refractivity contribution in [2.24, 2.45) is 0 Å². The van der Waals surface area contributed by atoms with Crippen molar-refractivity contribution in [1.29, 1.82) is 0 Å². The summed E-state index contributed by atoms with van der Waals surface area (Å²) in [7, 11) is 0. The largest absolute Gasteiger partial charge is 0.508 e. The zero-order valence-corrected chi connectivity index (χ0v) is 25.9. The smallest absolute Gasteiger partial charge is 0.457 e. The van der Waals surface area contributed by atoms with E-state index in [4.69, 9.17) is 18.9 Å². The van der Waals surface area contributed by atoms with Crippen LogP contribution in [0, 0.1) is 0 Å². The molecule has 0 saturated carbocycles. The first-order valence-electron chi connectivity index (χ1n) is 14.7. The molecule has 2 aliphatic heterocycles. The average Bonchev–Trinajstić information content (AvgIpc) is 3.28. The summed E-state index contributed by atoms with van der Waals surface area (Å²) in [5.74, 6) is -1.31. The standard InChI is InChI=1S/C34H38N2O8/c1-33(2,3)43-31(39)36-26-15-11-10-14-23(26)25-18-22(20-42-32(40)44-34(4,5)6)35-27(28(25)36)17-16-24(29(35)37)30(38)41-19-21-12-8-7-9-13-21/h7-16,22,27H,17-20H2,1-6H3/t22-,27+/m0/s1. The van der Waals surface area contributed by atoms with E-state index in [1.165, 1.54) is 9.47 Å². The van der Waals surface area contributed by atoms with Gasteiger partial charge in [0.1, 0.15) is 30.0 Å². The molecule has 2 aliphatic rings. The van der Waals surface area contributed by atoms with Gasteiger partial charge in [-0.25, -0.2) is 19.0 Å². The van der Waals surface area contributed by atoms with Gasteiger partial charge in [-0.05, 0) is 71.6 Å². The maximum Gasteiger partial charge on any atom is 0.508 e. The molecule has 0 aliphatic carbocycles. The second-order valence-electron chi connectivity index (χ2n) is 13.0. The number of para-hydroxylation sites is 1. The van der Waals surface area contributed by atoms with Crippen LogP contribution in [0.3, 0.4) is 0 Å². The van der Waals surface area contributed by atoms with Crippen LogP contribution in [0.2, 0.25) is 0 Å². The lowest BCUT2D eigenvalue weighted by molar-refractivity contribution is -0.146. The quantitative estimate of drug-likeness (QED) is 0.192. The number of benzene rings is 2. The predicted octanol–water partition coefficient (Wildman–Crippen LogP) is 6.24. The van der Waals surface area contributed by atoms with E-state index in [1.807, 2.05) is 54.6 Å². The molecule has 0 unspecified atom stereocenters. The van der Waals surface area contributed by atoms with Crippen molar-refractivity contribution >= 4 is 35.0 Å². The summed E-state index contributed by atoms with van der Waals surface area (Å²) in [6, 6.07) is 15.4. The highest BCUT2D eigenvalue weighted by Crippen LogP contribution is 2.44. The Labute approximate surface area is 256 Å². The van der Waals surface area contributed by atoms with Gasteiger partial charge >= 0.3 is 18.2 Å². The van der Waals surface area contributed by atoms with Crippen molar-refractivity contribution in [2.45, 2.75) is 84.3 Å². The Hall–Kier alpha value is -4.60. The van der Waals surface area contributed by atoms with E-state index in [2.05, 4.69) is 0 Å². The van der Waals surface area contributed by atoms with Gasteiger partial charge in [0, 0.05) is 5.39 Å². The van der Waals surface area contributed by atoms with Crippen molar-refractivity contribution in [3.63, 3.8) is 0 Å².